The lowest BCUT2D eigenvalue weighted by Crippen LogP contribution is -2.34. The minimum Gasteiger partial charge on any atom is -0.314 e. The van der Waals surface area contributed by atoms with Gasteiger partial charge in [-0.3, -0.25) is 0 Å². The zero-order valence-corrected chi connectivity index (χ0v) is 13.3. The summed E-state index contributed by atoms with van der Waals surface area (Å²) in [6.07, 6.45) is 3.95. The first kappa shape index (κ1) is 13.6. The van der Waals surface area contributed by atoms with Gasteiger partial charge in [0.15, 0.2) is 0 Å². The average molecular weight is 316 g/mol. The molecule has 0 aromatic carbocycles. The van der Waals surface area contributed by atoms with Crippen LogP contribution in [0.4, 0.5) is 0 Å². The van der Waals surface area contributed by atoms with Gasteiger partial charge < -0.3 is 5.32 Å². The van der Waals surface area contributed by atoms with E-state index in [0.717, 1.165) is 12.6 Å². The van der Waals surface area contributed by atoms with Crippen molar-refractivity contribution in [2.45, 2.75) is 46.1 Å². The Labute approximate surface area is 117 Å². The van der Waals surface area contributed by atoms with Crippen molar-refractivity contribution in [1.82, 2.24) is 5.32 Å². The van der Waals surface area contributed by atoms with Crippen LogP contribution in [0.5, 0.6) is 0 Å². The molecule has 0 spiro atoms. The molecule has 1 aromatic heterocycles. The molecule has 96 valence electrons. The lowest BCUT2D eigenvalue weighted by Gasteiger charge is -2.31. The van der Waals surface area contributed by atoms with E-state index < -0.39 is 0 Å². The number of halogens is 1. The van der Waals surface area contributed by atoms with Gasteiger partial charge in [0.1, 0.15) is 0 Å². The summed E-state index contributed by atoms with van der Waals surface area (Å²) in [4.78, 5) is 1.49. The lowest BCUT2D eigenvalue weighted by molar-refractivity contribution is 0.231. The van der Waals surface area contributed by atoms with E-state index in [9.17, 15) is 0 Å². The van der Waals surface area contributed by atoms with Gasteiger partial charge in [-0.2, -0.15) is 0 Å². The first-order valence-electron chi connectivity index (χ1n) is 6.41. The summed E-state index contributed by atoms with van der Waals surface area (Å²) in [7, 11) is 0. The molecule has 1 fully saturated rings. The molecule has 1 N–H and O–H groups in total. The first-order chi connectivity index (χ1) is 7.95. The molecule has 0 radical (unpaired) electrons. The van der Waals surface area contributed by atoms with Gasteiger partial charge in [0.05, 0.1) is 0 Å². The van der Waals surface area contributed by atoms with E-state index in [1.54, 1.807) is 0 Å². The second-order valence-electron chi connectivity index (χ2n) is 6.18. The third kappa shape index (κ3) is 4.38. The molecule has 3 heteroatoms. The number of rotatable bonds is 5. The van der Waals surface area contributed by atoms with Crippen molar-refractivity contribution in [3.63, 3.8) is 0 Å². The van der Waals surface area contributed by atoms with E-state index in [1.807, 2.05) is 11.3 Å². The summed E-state index contributed by atoms with van der Waals surface area (Å²) in [5, 5.41) is 5.87. The average Bonchev–Trinajstić information content (AvgIpc) is 2.95. The van der Waals surface area contributed by atoms with E-state index in [4.69, 9.17) is 0 Å². The number of thiophene rings is 1. The highest BCUT2D eigenvalue weighted by Gasteiger charge is 2.28. The fourth-order valence-electron chi connectivity index (χ4n) is 1.98. The molecule has 0 aliphatic heterocycles. The second-order valence-corrected chi connectivity index (χ2v) is 8.09. The molecule has 0 amide bonds. The van der Waals surface area contributed by atoms with Gasteiger partial charge in [-0.05, 0) is 59.1 Å². The van der Waals surface area contributed by atoms with Gasteiger partial charge in [-0.1, -0.05) is 20.8 Å². The van der Waals surface area contributed by atoms with E-state index in [-0.39, 0.29) is 0 Å². The molecule has 17 heavy (non-hydrogen) atoms. The Morgan fingerprint density at radius 3 is 2.65 bits per heavy atom. The normalized spacial score (nSPS) is 18.4. The Morgan fingerprint density at radius 2 is 2.18 bits per heavy atom. The maximum Gasteiger partial charge on any atom is 0.0285 e. The van der Waals surface area contributed by atoms with Gasteiger partial charge >= 0.3 is 0 Å². The monoisotopic (exact) mass is 315 g/mol. The molecular weight excluding hydrogens is 294 g/mol. The predicted molar refractivity (Wildman–Crippen MR) is 79.7 cm³/mol. The van der Waals surface area contributed by atoms with E-state index >= 15 is 0 Å². The standard InChI is InChI=1S/C14H22BrNS/c1-14(2,3)10(8-16-12-4-5-12)6-13-7-11(15)9-17-13/h7,9-10,12,16H,4-6,8H2,1-3H3. The van der Waals surface area contributed by atoms with Crippen LogP contribution in [0.25, 0.3) is 0 Å². The number of hydrogen-bond acceptors (Lipinski definition) is 2. The SMILES string of the molecule is CC(C)(C)C(CNC1CC1)Cc1cc(Br)cs1. The van der Waals surface area contributed by atoms with Crippen LogP contribution in [0.1, 0.15) is 38.5 Å². The van der Waals surface area contributed by atoms with E-state index in [2.05, 4.69) is 53.5 Å². The second kappa shape index (κ2) is 5.41. The van der Waals surface area contributed by atoms with Crippen molar-refractivity contribution < 1.29 is 0 Å². The molecule has 1 aliphatic rings. The summed E-state index contributed by atoms with van der Waals surface area (Å²) >= 11 is 5.41. The largest absolute Gasteiger partial charge is 0.314 e. The van der Waals surface area contributed by atoms with Gasteiger partial charge in [-0.25, -0.2) is 0 Å². The van der Waals surface area contributed by atoms with Crippen LogP contribution in [-0.4, -0.2) is 12.6 Å². The highest BCUT2D eigenvalue weighted by Crippen LogP contribution is 2.32. The summed E-state index contributed by atoms with van der Waals surface area (Å²) in [6.45, 7) is 8.22. The minimum atomic E-state index is 0.373. The molecule has 2 rings (SSSR count). The molecule has 1 saturated carbocycles. The van der Waals surface area contributed by atoms with Crippen molar-refractivity contribution in [3.05, 3.63) is 20.8 Å². The van der Waals surface area contributed by atoms with Crippen LogP contribution in [0, 0.1) is 11.3 Å². The molecule has 1 heterocycles. The maximum atomic E-state index is 3.68. The Kier molecular flexibility index (Phi) is 4.32. The Bertz CT molecular complexity index is 363. The van der Waals surface area contributed by atoms with Gasteiger partial charge in [-0.15, -0.1) is 11.3 Å². The lowest BCUT2D eigenvalue weighted by atomic mass is 9.78. The van der Waals surface area contributed by atoms with E-state index in [1.165, 1.54) is 28.6 Å². The first-order valence-corrected chi connectivity index (χ1v) is 8.08. The Balaban J connectivity index is 1.94. The van der Waals surface area contributed by atoms with Crippen LogP contribution in [-0.2, 0) is 6.42 Å². The van der Waals surface area contributed by atoms with Gasteiger partial charge in [0.2, 0.25) is 0 Å². The topological polar surface area (TPSA) is 12.0 Å². The Hall–Kier alpha value is 0.140. The van der Waals surface area contributed by atoms with Gasteiger partial charge in [0, 0.05) is 20.8 Å². The van der Waals surface area contributed by atoms with Crippen LogP contribution >= 0.6 is 27.3 Å². The third-order valence-corrected chi connectivity index (χ3v) is 5.24. The molecule has 1 aliphatic carbocycles. The van der Waals surface area contributed by atoms with Crippen LogP contribution in [0.15, 0.2) is 15.9 Å². The highest BCUT2D eigenvalue weighted by atomic mass is 79.9. The summed E-state index contributed by atoms with van der Waals surface area (Å²) in [5.74, 6) is 0.716. The smallest absolute Gasteiger partial charge is 0.0285 e. The molecular formula is C14H22BrNS. The van der Waals surface area contributed by atoms with Gasteiger partial charge in [0.25, 0.3) is 0 Å². The van der Waals surface area contributed by atoms with Crippen molar-refractivity contribution in [2.75, 3.05) is 6.54 Å². The third-order valence-electron chi connectivity index (χ3n) is 3.52. The zero-order chi connectivity index (χ0) is 12.5. The van der Waals surface area contributed by atoms with Crippen LogP contribution < -0.4 is 5.32 Å². The quantitative estimate of drug-likeness (QED) is 0.845. The molecule has 1 unspecified atom stereocenters. The highest BCUT2D eigenvalue weighted by molar-refractivity contribution is 9.10. The van der Waals surface area contributed by atoms with E-state index in [0.29, 0.717) is 11.3 Å². The van der Waals surface area contributed by atoms with Crippen LogP contribution in [0.2, 0.25) is 0 Å². The molecule has 1 aromatic rings. The van der Waals surface area contributed by atoms with Crippen LogP contribution in [0.3, 0.4) is 0 Å². The summed E-state index contributed by atoms with van der Waals surface area (Å²) in [6, 6.07) is 3.08. The number of hydrogen-bond donors (Lipinski definition) is 1. The minimum absolute atomic E-state index is 0.373. The van der Waals surface area contributed by atoms with Crippen molar-refractivity contribution in [1.29, 1.82) is 0 Å². The summed E-state index contributed by atoms with van der Waals surface area (Å²) in [5.41, 5.74) is 0.373. The Morgan fingerprint density at radius 1 is 1.47 bits per heavy atom. The molecule has 1 atom stereocenters. The molecule has 0 bridgehead atoms. The van der Waals surface area contributed by atoms with Crippen molar-refractivity contribution in [2.24, 2.45) is 11.3 Å². The van der Waals surface area contributed by atoms with Crippen molar-refractivity contribution in [3.8, 4) is 0 Å². The molecule has 1 nitrogen and oxygen atoms in total. The zero-order valence-electron chi connectivity index (χ0n) is 10.9. The maximum absolute atomic E-state index is 3.68. The summed E-state index contributed by atoms with van der Waals surface area (Å²) < 4.78 is 1.22. The predicted octanol–water partition coefficient (Wildman–Crippen LogP) is 4.47. The fraction of sp³-hybridized carbons (Fsp3) is 0.714. The van der Waals surface area contributed by atoms with Crippen molar-refractivity contribution >= 4 is 27.3 Å². The fourth-order valence-corrected chi connectivity index (χ4v) is 3.52. The number of nitrogens with one attached hydrogen (secondary N) is 1. The molecule has 0 saturated heterocycles.